The summed E-state index contributed by atoms with van der Waals surface area (Å²) in [6.07, 6.45) is 4.43. The Kier molecular flexibility index (Phi) is 6.62. The minimum atomic E-state index is -0.0623. The van der Waals surface area contributed by atoms with Gasteiger partial charge >= 0.3 is 0 Å². The third-order valence-electron chi connectivity index (χ3n) is 3.56. The fourth-order valence-electron chi connectivity index (χ4n) is 2.40. The van der Waals surface area contributed by atoms with Crippen molar-refractivity contribution in [2.45, 2.75) is 25.0 Å². The quantitative estimate of drug-likeness (QED) is 0.409. The van der Waals surface area contributed by atoms with Crippen LogP contribution in [0.2, 0.25) is 0 Å². The second kappa shape index (κ2) is 9.13. The average molecular weight is 479 g/mol. The number of thioether (sulfide) groups is 1. The Labute approximate surface area is 170 Å². The van der Waals surface area contributed by atoms with Gasteiger partial charge in [-0.3, -0.25) is 9.78 Å². The van der Waals surface area contributed by atoms with Gasteiger partial charge in [-0.2, -0.15) is 0 Å². The van der Waals surface area contributed by atoms with Gasteiger partial charge in [0.05, 0.1) is 5.75 Å². The summed E-state index contributed by atoms with van der Waals surface area (Å²) in [4.78, 5) is 16.3. The van der Waals surface area contributed by atoms with Crippen LogP contribution in [0.25, 0.3) is 11.4 Å². The largest absolute Gasteiger partial charge is 0.325 e. The van der Waals surface area contributed by atoms with Gasteiger partial charge < -0.3 is 9.88 Å². The van der Waals surface area contributed by atoms with Crippen molar-refractivity contribution in [3.63, 3.8) is 0 Å². The minimum Gasteiger partial charge on any atom is -0.325 e. The normalized spacial score (nSPS) is 10.7. The molecule has 0 saturated carbocycles. The molecule has 0 bridgehead atoms. The molecule has 0 radical (unpaired) electrons. The van der Waals surface area contributed by atoms with Crippen LogP contribution in [-0.4, -0.2) is 31.4 Å². The number of carbonyl (C=O) groups excluding carboxylic acids is 1. The molecule has 1 amide bonds. The number of hydrogen-bond acceptors (Lipinski definition) is 5. The Morgan fingerprint density at radius 1 is 1.15 bits per heavy atom. The number of benzene rings is 1. The molecule has 8 heteroatoms. The summed E-state index contributed by atoms with van der Waals surface area (Å²) in [5, 5.41) is 12.2. The van der Waals surface area contributed by atoms with E-state index >= 15 is 0 Å². The molecule has 0 saturated heterocycles. The van der Waals surface area contributed by atoms with E-state index in [1.54, 1.807) is 12.4 Å². The highest BCUT2D eigenvalue weighted by Gasteiger charge is 2.15. The number of nitrogens with one attached hydrogen (secondary N) is 1. The summed E-state index contributed by atoms with van der Waals surface area (Å²) in [5.74, 6) is 1.02. The first-order valence-corrected chi connectivity index (χ1v) is 10.3. The zero-order valence-corrected chi connectivity index (χ0v) is 17.2. The SMILES string of the molecule is CCCn1c(SCC(=O)Nc2ccc(I)cc2)nnc1-c1ccncc1. The fraction of sp³-hybridized carbons (Fsp3) is 0.222. The molecule has 134 valence electrons. The van der Waals surface area contributed by atoms with E-state index in [9.17, 15) is 4.79 Å². The number of carbonyl (C=O) groups is 1. The third-order valence-corrected chi connectivity index (χ3v) is 5.25. The first-order chi connectivity index (χ1) is 12.7. The summed E-state index contributed by atoms with van der Waals surface area (Å²) in [6.45, 7) is 2.90. The van der Waals surface area contributed by atoms with Crippen molar-refractivity contribution in [3.8, 4) is 11.4 Å². The number of hydrogen-bond donors (Lipinski definition) is 1. The van der Waals surface area contributed by atoms with Crippen molar-refractivity contribution in [3.05, 3.63) is 52.4 Å². The van der Waals surface area contributed by atoms with Crippen LogP contribution in [0.3, 0.4) is 0 Å². The molecular formula is C18H18IN5OS. The van der Waals surface area contributed by atoms with E-state index in [-0.39, 0.29) is 11.7 Å². The van der Waals surface area contributed by atoms with Gasteiger partial charge in [-0.05, 0) is 65.4 Å². The van der Waals surface area contributed by atoms with E-state index in [2.05, 4.69) is 54.6 Å². The molecule has 0 aliphatic carbocycles. The van der Waals surface area contributed by atoms with Crippen LogP contribution < -0.4 is 5.32 Å². The predicted octanol–water partition coefficient (Wildman–Crippen LogP) is 4.09. The maximum atomic E-state index is 12.2. The molecule has 6 nitrogen and oxygen atoms in total. The Hall–Kier alpha value is -1.94. The molecule has 0 aliphatic rings. The zero-order valence-electron chi connectivity index (χ0n) is 14.2. The van der Waals surface area contributed by atoms with Crippen molar-refractivity contribution in [2.24, 2.45) is 0 Å². The lowest BCUT2D eigenvalue weighted by atomic mass is 10.2. The molecule has 2 aromatic heterocycles. The van der Waals surface area contributed by atoms with Gasteiger partial charge in [0.2, 0.25) is 5.91 Å². The van der Waals surface area contributed by atoms with Gasteiger partial charge in [-0.15, -0.1) is 10.2 Å². The molecule has 26 heavy (non-hydrogen) atoms. The molecular weight excluding hydrogens is 461 g/mol. The number of pyridine rings is 1. The summed E-state index contributed by atoms with van der Waals surface area (Å²) >= 11 is 3.63. The highest BCUT2D eigenvalue weighted by molar-refractivity contribution is 14.1. The number of rotatable bonds is 7. The van der Waals surface area contributed by atoms with E-state index < -0.39 is 0 Å². The Morgan fingerprint density at radius 2 is 1.88 bits per heavy atom. The topological polar surface area (TPSA) is 72.7 Å². The molecule has 0 fully saturated rings. The molecule has 0 atom stereocenters. The zero-order chi connectivity index (χ0) is 18.4. The Balaban J connectivity index is 1.68. The molecule has 3 aromatic rings. The lowest BCUT2D eigenvalue weighted by molar-refractivity contribution is -0.113. The first-order valence-electron chi connectivity index (χ1n) is 8.19. The van der Waals surface area contributed by atoms with Crippen LogP contribution in [0.1, 0.15) is 13.3 Å². The van der Waals surface area contributed by atoms with E-state index in [4.69, 9.17) is 0 Å². The molecule has 3 rings (SSSR count). The summed E-state index contributed by atoms with van der Waals surface area (Å²) in [5.41, 5.74) is 1.76. The van der Waals surface area contributed by atoms with Gasteiger partial charge in [0.15, 0.2) is 11.0 Å². The van der Waals surface area contributed by atoms with Crippen molar-refractivity contribution in [2.75, 3.05) is 11.1 Å². The van der Waals surface area contributed by atoms with Crippen LogP contribution in [0.4, 0.5) is 5.69 Å². The van der Waals surface area contributed by atoms with Crippen LogP contribution in [0.5, 0.6) is 0 Å². The van der Waals surface area contributed by atoms with Crippen LogP contribution in [-0.2, 0) is 11.3 Å². The van der Waals surface area contributed by atoms with E-state index in [1.807, 2.05) is 36.4 Å². The van der Waals surface area contributed by atoms with Crippen LogP contribution in [0, 0.1) is 3.57 Å². The average Bonchev–Trinajstić information content (AvgIpc) is 3.06. The highest BCUT2D eigenvalue weighted by Crippen LogP contribution is 2.24. The Morgan fingerprint density at radius 3 is 2.58 bits per heavy atom. The summed E-state index contributed by atoms with van der Waals surface area (Å²) in [6, 6.07) is 11.5. The van der Waals surface area contributed by atoms with E-state index in [0.717, 1.165) is 38.8 Å². The Bertz CT molecular complexity index is 867. The monoisotopic (exact) mass is 479 g/mol. The number of aromatic nitrogens is 4. The molecule has 1 aromatic carbocycles. The molecule has 2 heterocycles. The summed E-state index contributed by atoms with van der Waals surface area (Å²) in [7, 11) is 0. The standard InChI is InChI=1S/C18H18IN5OS/c1-2-11-24-17(13-7-9-20-10-8-13)22-23-18(24)26-12-16(25)21-15-5-3-14(19)4-6-15/h3-10H,2,11-12H2,1H3,(H,21,25). The predicted molar refractivity (Wildman–Crippen MR) is 112 cm³/mol. The molecule has 0 spiro atoms. The van der Waals surface area contributed by atoms with Crippen LogP contribution in [0.15, 0.2) is 53.9 Å². The van der Waals surface area contributed by atoms with Crippen molar-refractivity contribution >= 4 is 45.9 Å². The molecule has 0 unspecified atom stereocenters. The van der Waals surface area contributed by atoms with Crippen LogP contribution >= 0.6 is 34.4 Å². The van der Waals surface area contributed by atoms with E-state index in [1.165, 1.54) is 11.8 Å². The van der Waals surface area contributed by atoms with Gasteiger partial charge in [-0.1, -0.05) is 18.7 Å². The van der Waals surface area contributed by atoms with Gasteiger partial charge in [0.1, 0.15) is 0 Å². The minimum absolute atomic E-state index is 0.0623. The smallest absolute Gasteiger partial charge is 0.234 e. The maximum absolute atomic E-state index is 12.2. The van der Waals surface area contributed by atoms with E-state index in [0.29, 0.717) is 0 Å². The number of halogens is 1. The molecule has 1 N–H and O–H groups in total. The lowest BCUT2D eigenvalue weighted by Crippen LogP contribution is -2.14. The maximum Gasteiger partial charge on any atom is 0.234 e. The van der Waals surface area contributed by atoms with Crippen molar-refractivity contribution in [1.82, 2.24) is 19.7 Å². The fourth-order valence-corrected chi connectivity index (χ4v) is 3.52. The number of anilines is 1. The third kappa shape index (κ3) is 4.82. The first kappa shape index (κ1) is 18.8. The van der Waals surface area contributed by atoms with Gasteiger partial charge in [0.25, 0.3) is 0 Å². The van der Waals surface area contributed by atoms with Gasteiger partial charge in [0, 0.05) is 33.8 Å². The second-order valence-electron chi connectivity index (χ2n) is 5.54. The highest BCUT2D eigenvalue weighted by atomic mass is 127. The lowest BCUT2D eigenvalue weighted by Gasteiger charge is -2.09. The second-order valence-corrected chi connectivity index (χ2v) is 7.73. The number of nitrogens with zero attached hydrogens (tertiary/aromatic N) is 4. The summed E-state index contributed by atoms with van der Waals surface area (Å²) < 4.78 is 3.18. The van der Waals surface area contributed by atoms with Crippen molar-refractivity contribution in [1.29, 1.82) is 0 Å². The molecule has 0 aliphatic heterocycles. The van der Waals surface area contributed by atoms with Crippen molar-refractivity contribution < 1.29 is 4.79 Å². The van der Waals surface area contributed by atoms with Gasteiger partial charge in [-0.25, -0.2) is 0 Å². The number of amides is 1.